The van der Waals surface area contributed by atoms with Crippen LogP contribution in [-0.4, -0.2) is 16.3 Å². The third-order valence-corrected chi connectivity index (χ3v) is 4.61. The lowest BCUT2D eigenvalue weighted by Crippen LogP contribution is -2.32. The van der Waals surface area contributed by atoms with E-state index in [1.807, 2.05) is 6.92 Å². The molecule has 0 bridgehead atoms. The Bertz CT molecular complexity index is 546. The standard InChI is InChI=1S/C17H23N3/c1-13-9-10-20(19-13)17-11-15(7-8-16(17)12-18)14-5-3-2-4-6-14/h2-6,9-10,15-17H,7-8,11-12,18H2,1H3. The highest BCUT2D eigenvalue weighted by molar-refractivity contribution is 5.20. The Balaban J connectivity index is 1.83. The van der Waals surface area contributed by atoms with Crippen LogP contribution >= 0.6 is 0 Å². The molecule has 0 saturated heterocycles. The van der Waals surface area contributed by atoms with Crippen molar-refractivity contribution in [1.82, 2.24) is 9.78 Å². The predicted octanol–water partition coefficient (Wildman–Crippen LogP) is 3.28. The van der Waals surface area contributed by atoms with E-state index in [4.69, 9.17) is 5.73 Å². The molecule has 1 aromatic heterocycles. The molecule has 0 amide bonds. The molecular formula is C17H23N3. The van der Waals surface area contributed by atoms with Crippen LogP contribution in [0.2, 0.25) is 0 Å². The van der Waals surface area contributed by atoms with Crippen molar-refractivity contribution in [2.45, 2.75) is 38.1 Å². The van der Waals surface area contributed by atoms with Crippen molar-refractivity contribution in [2.24, 2.45) is 11.7 Å². The molecule has 3 nitrogen and oxygen atoms in total. The number of rotatable bonds is 3. The summed E-state index contributed by atoms with van der Waals surface area (Å²) >= 11 is 0. The van der Waals surface area contributed by atoms with Crippen molar-refractivity contribution in [2.75, 3.05) is 6.54 Å². The molecule has 1 fully saturated rings. The van der Waals surface area contributed by atoms with Gasteiger partial charge in [-0.05, 0) is 56.2 Å². The van der Waals surface area contributed by atoms with Gasteiger partial charge in [0.1, 0.15) is 0 Å². The highest BCUT2D eigenvalue weighted by Crippen LogP contribution is 2.41. The largest absolute Gasteiger partial charge is 0.330 e. The summed E-state index contributed by atoms with van der Waals surface area (Å²) in [4.78, 5) is 0. The summed E-state index contributed by atoms with van der Waals surface area (Å²) < 4.78 is 2.14. The molecule has 0 spiro atoms. The van der Waals surface area contributed by atoms with Crippen LogP contribution in [-0.2, 0) is 0 Å². The average molecular weight is 269 g/mol. The Morgan fingerprint density at radius 1 is 1.20 bits per heavy atom. The molecule has 3 unspecified atom stereocenters. The van der Waals surface area contributed by atoms with Gasteiger partial charge in [0.25, 0.3) is 0 Å². The zero-order chi connectivity index (χ0) is 13.9. The first-order chi connectivity index (χ1) is 9.78. The van der Waals surface area contributed by atoms with Crippen LogP contribution in [0.15, 0.2) is 42.6 Å². The first-order valence-corrected chi connectivity index (χ1v) is 7.54. The van der Waals surface area contributed by atoms with E-state index in [9.17, 15) is 0 Å². The van der Waals surface area contributed by atoms with Crippen LogP contribution in [0, 0.1) is 12.8 Å². The molecule has 2 aromatic rings. The van der Waals surface area contributed by atoms with Gasteiger partial charge in [0.05, 0.1) is 11.7 Å². The molecule has 106 valence electrons. The molecule has 1 aromatic carbocycles. The van der Waals surface area contributed by atoms with Crippen molar-refractivity contribution in [3.8, 4) is 0 Å². The van der Waals surface area contributed by atoms with E-state index in [2.05, 4.69) is 52.4 Å². The van der Waals surface area contributed by atoms with Crippen LogP contribution in [0.1, 0.15) is 42.5 Å². The minimum Gasteiger partial charge on any atom is -0.330 e. The number of aromatic nitrogens is 2. The highest BCUT2D eigenvalue weighted by atomic mass is 15.3. The molecule has 3 heteroatoms. The van der Waals surface area contributed by atoms with Gasteiger partial charge in [-0.2, -0.15) is 5.10 Å². The van der Waals surface area contributed by atoms with E-state index < -0.39 is 0 Å². The van der Waals surface area contributed by atoms with E-state index >= 15 is 0 Å². The molecule has 0 radical (unpaired) electrons. The van der Waals surface area contributed by atoms with Gasteiger partial charge in [0.2, 0.25) is 0 Å². The molecule has 20 heavy (non-hydrogen) atoms. The molecular weight excluding hydrogens is 246 g/mol. The van der Waals surface area contributed by atoms with Crippen LogP contribution in [0.3, 0.4) is 0 Å². The van der Waals surface area contributed by atoms with Gasteiger partial charge < -0.3 is 5.73 Å². The molecule has 1 aliphatic rings. The number of nitrogens with zero attached hydrogens (tertiary/aromatic N) is 2. The van der Waals surface area contributed by atoms with Crippen molar-refractivity contribution in [3.63, 3.8) is 0 Å². The molecule has 1 aliphatic carbocycles. The molecule has 1 saturated carbocycles. The number of hydrogen-bond donors (Lipinski definition) is 1. The van der Waals surface area contributed by atoms with Crippen LogP contribution in [0.5, 0.6) is 0 Å². The second-order valence-electron chi connectivity index (χ2n) is 5.92. The normalized spacial score (nSPS) is 26.6. The quantitative estimate of drug-likeness (QED) is 0.929. The first-order valence-electron chi connectivity index (χ1n) is 7.54. The minimum atomic E-state index is 0.438. The van der Waals surface area contributed by atoms with Crippen LogP contribution < -0.4 is 5.73 Å². The van der Waals surface area contributed by atoms with E-state index in [0.29, 0.717) is 17.9 Å². The van der Waals surface area contributed by atoms with E-state index in [0.717, 1.165) is 18.7 Å². The monoisotopic (exact) mass is 269 g/mol. The number of nitrogens with two attached hydrogens (primary N) is 1. The van der Waals surface area contributed by atoms with Crippen molar-refractivity contribution < 1.29 is 0 Å². The maximum atomic E-state index is 5.98. The summed E-state index contributed by atoms with van der Waals surface area (Å²) in [5, 5.41) is 4.62. The van der Waals surface area contributed by atoms with Gasteiger partial charge in [-0.15, -0.1) is 0 Å². The summed E-state index contributed by atoms with van der Waals surface area (Å²) in [7, 11) is 0. The molecule has 3 atom stereocenters. The van der Waals surface area contributed by atoms with Gasteiger partial charge in [0.15, 0.2) is 0 Å². The first kappa shape index (κ1) is 13.4. The predicted molar refractivity (Wildman–Crippen MR) is 81.6 cm³/mol. The van der Waals surface area contributed by atoms with Gasteiger partial charge in [-0.3, -0.25) is 4.68 Å². The summed E-state index contributed by atoms with van der Waals surface area (Å²) in [6.07, 6.45) is 5.69. The van der Waals surface area contributed by atoms with Gasteiger partial charge in [-0.1, -0.05) is 30.3 Å². The molecule has 3 rings (SSSR count). The second-order valence-corrected chi connectivity index (χ2v) is 5.92. The SMILES string of the molecule is Cc1ccn(C2CC(c3ccccc3)CCC2CN)n1. The molecule has 2 N–H and O–H groups in total. The average Bonchev–Trinajstić information content (AvgIpc) is 2.94. The number of aryl methyl sites for hydroxylation is 1. The van der Waals surface area contributed by atoms with Crippen LogP contribution in [0.25, 0.3) is 0 Å². The maximum absolute atomic E-state index is 5.98. The lowest BCUT2D eigenvalue weighted by molar-refractivity contribution is 0.208. The zero-order valence-electron chi connectivity index (χ0n) is 12.1. The van der Waals surface area contributed by atoms with Gasteiger partial charge in [0, 0.05) is 6.20 Å². The minimum absolute atomic E-state index is 0.438. The Morgan fingerprint density at radius 2 is 2.00 bits per heavy atom. The van der Waals surface area contributed by atoms with Crippen molar-refractivity contribution >= 4 is 0 Å². The summed E-state index contributed by atoms with van der Waals surface area (Å²) in [6, 6.07) is 13.4. The number of benzene rings is 1. The third-order valence-electron chi connectivity index (χ3n) is 4.61. The van der Waals surface area contributed by atoms with Gasteiger partial charge >= 0.3 is 0 Å². The van der Waals surface area contributed by atoms with E-state index in [-0.39, 0.29) is 0 Å². The summed E-state index contributed by atoms with van der Waals surface area (Å²) in [5.41, 5.74) is 8.52. The van der Waals surface area contributed by atoms with E-state index in [1.54, 1.807) is 0 Å². The summed E-state index contributed by atoms with van der Waals surface area (Å²) in [6.45, 7) is 2.80. The Labute approximate surface area is 120 Å². The smallest absolute Gasteiger partial charge is 0.0593 e. The fourth-order valence-electron chi connectivity index (χ4n) is 3.45. The lowest BCUT2D eigenvalue weighted by Gasteiger charge is -2.36. The third kappa shape index (κ3) is 2.63. The fourth-order valence-corrected chi connectivity index (χ4v) is 3.45. The van der Waals surface area contributed by atoms with Gasteiger partial charge in [-0.25, -0.2) is 0 Å². The molecule has 1 heterocycles. The topological polar surface area (TPSA) is 43.8 Å². The van der Waals surface area contributed by atoms with Crippen molar-refractivity contribution in [1.29, 1.82) is 0 Å². The lowest BCUT2D eigenvalue weighted by atomic mass is 9.75. The fraction of sp³-hybridized carbons (Fsp3) is 0.471. The Hall–Kier alpha value is -1.61. The summed E-state index contributed by atoms with van der Waals surface area (Å²) in [5.74, 6) is 1.18. The molecule has 0 aliphatic heterocycles. The zero-order valence-corrected chi connectivity index (χ0v) is 12.1. The number of hydrogen-bond acceptors (Lipinski definition) is 2. The Kier molecular flexibility index (Phi) is 3.88. The van der Waals surface area contributed by atoms with Crippen molar-refractivity contribution in [3.05, 3.63) is 53.9 Å². The highest BCUT2D eigenvalue weighted by Gasteiger charge is 2.31. The maximum Gasteiger partial charge on any atom is 0.0593 e. The van der Waals surface area contributed by atoms with Crippen LogP contribution in [0.4, 0.5) is 0 Å². The second kappa shape index (κ2) is 5.80. The Morgan fingerprint density at radius 3 is 2.65 bits per heavy atom. The van der Waals surface area contributed by atoms with E-state index in [1.165, 1.54) is 18.4 Å².